The Morgan fingerprint density at radius 2 is 2.32 bits per heavy atom. The Hall–Kier alpha value is -2.15. The van der Waals surface area contributed by atoms with Crippen LogP contribution in [0.5, 0.6) is 0 Å². The van der Waals surface area contributed by atoms with Crippen LogP contribution in [0.4, 0.5) is 0 Å². The fourth-order valence-corrected chi connectivity index (χ4v) is 2.99. The van der Waals surface area contributed by atoms with Crippen molar-refractivity contribution in [3.8, 4) is 0 Å². The maximum Gasteiger partial charge on any atom is 0.285 e. The molecule has 1 atom stereocenters. The summed E-state index contributed by atoms with van der Waals surface area (Å²) >= 11 is 0. The number of nitrogens with one attached hydrogen (secondary N) is 2. The standard InChI is InChI=1S/C15H20N4O3/c1-3-12(9-5-10(20)6-9)17-14(21)11-7-16-13-4-8(2)18-19(13)15(11)22/h4,7,9-10,12,18,20H,3,5-6H2,1-2H3,(H,17,21)/t9?,10?,12-/m0/s1. The second kappa shape index (κ2) is 5.57. The summed E-state index contributed by atoms with van der Waals surface area (Å²) in [5.74, 6) is -0.136. The average molecular weight is 304 g/mol. The van der Waals surface area contributed by atoms with Crippen molar-refractivity contribution in [2.45, 2.75) is 45.3 Å². The molecule has 0 aromatic carbocycles. The van der Waals surface area contributed by atoms with Gasteiger partial charge in [0.05, 0.1) is 6.10 Å². The highest BCUT2D eigenvalue weighted by Crippen LogP contribution is 2.31. The zero-order chi connectivity index (χ0) is 15.9. The molecular formula is C15H20N4O3. The molecule has 1 saturated carbocycles. The van der Waals surface area contributed by atoms with Crippen LogP contribution < -0.4 is 10.9 Å². The lowest BCUT2D eigenvalue weighted by molar-refractivity contribution is 0.0232. The smallest absolute Gasteiger partial charge is 0.285 e. The van der Waals surface area contributed by atoms with E-state index in [0.29, 0.717) is 18.5 Å². The van der Waals surface area contributed by atoms with Gasteiger partial charge < -0.3 is 10.4 Å². The lowest BCUT2D eigenvalue weighted by Gasteiger charge is -2.37. The summed E-state index contributed by atoms with van der Waals surface area (Å²) in [5, 5.41) is 15.2. The van der Waals surface area contributed by atoms with E-state index in [-0.39, 0.29) is 23.6 Å². The molecule has 3 N–H and O–H groups in total. The van der Waals surface area contributed by atoms with Gasteiger partial charge in [-0.1, -0.05) is 6.92 Å². The minimum absolute atomic E-state index is 0.0256. The van der Waals surface area contributed by atoms with Crippen LogP contribution in [0.3, 0.4) is 0 Å². The van der Waals surface area contributed by atoms with Crippen LogP contribution in [-0.4, -0.2) is 37.8 Å². The van der Waals surface area contributed by atoms with Crippen molar-refractivity contribution in [3.63, 3.8) is 0 Å². The zero-order valence-electron chi connectivity index (χ0n) is 12.7. The second-order valence-electron chi connectivity index (χ2n) is 5.98. The number of fused-ring (bicyclic) bond motifs is 1. The minimum Gasteiger partial charge on any atom is -0.393 e. The largest absolute Gasteiger partial charge is 0.393 e. The number of carbonyl (C=O) groups is 1. The molecule has 1 amide bonds. The summed E-state index contributed by atoms with van der Waals surface area (Å²) in [5.41, 5.74) is 0.919. The molecule has 2 aromatic heterocycles. The van der Waals surface area contributed by atoms with Gasteiger partial charge in [-0.3, -0.25) is 14.7 Å². The molecule has 0 bridgehead atoms. The molecule has 1 fully saturated rings. The summed E-state index contributed by atoms with van der Waals surface area (Å²) in [6, 6.07) is 1.72. The minimum atomic E-state index is -0.410. The second-order valence-corrected chi connectivity index (χ2v) is 5.98. The van der Waals surface area contributed by atoms with Gasteiger partial charge in [-0.25, -0.2) is 9.50 Å². The van der Waals surface area contributed by atoms with Crippen LogP contribution in [0, 0.1) is 12.8 Å². The van der Waals surface area contributed by atoms with Gasteiger partial charge in [-0.05, 0) is 32.1 Å². The number of aliphatic hydroxyl groups excluding tert-OH is 1. The molecule has 7 heteroatoms. The maximum atomic E-state index is 12.4. The summed E-state index contributed by atoms with van der Waals surface area (Å²) in [7, 11) is 0. The normalized spacial score (nSPS) is 22.3. The van der Waals surface area contributed by atoms with E-state index in [9.17, 15) is 14.7 Å². The Balaban J connectivity index is 1.82. The van der Waals surface area contributed by atoms with E-state index in [4.69, 9.17) is 0 Å². The summed E-state index contributed by atoms with van der Waals surface area (Å²) in [6.07, 6.45) is 3.22. The maximum absolute atomic E-state index is 12.4. The first kappa shape index (κ1) is 14.8. The first-order chi connectivity index (χ1) is 10.5. The predicted molar refractivity (Wildman–Crippen MR) is 80.8 cm³/mol. The van der Waals surface area contributed by atoms with Crippen molar-refractivity contribution in [2.24, 2.45) is 5.92 Å². The molecule has 118 valence electrons. The topological polar surface area (TPSA) is 99.5 Å². The lowest BCUT2D eigenvalue weighted by Crippen LogP contribution is -2.47. The van der Waals surface area contributed by atoms with Gasteiger partial charge in [0.1, 0.15) is 5.56 Å². The van der Waals surface area contributed by atoms with E-state index in [2.05, 4.69) is 15.4 Å². The van der Waals surface area contributed by atoms with Gasteiger partial charge in [-0.15, -0.1) is 0 Å². The molecule has 1 aliphatic carbocycles. The van der Waals surface area contributed by atoms with E-state index >= 15 is 0 Å². The van der Waals surface area contributed by atoms with Crippen molar-refractivity contribution in [3.05, 3.63) is 33.9 Å². The Labute approximate surface area is 127 Å². The van der Waals surface area contributed by atoms with Crippen LogP contribution in [0.1, 0.15) is 42.2 Å². The van der Waals surface area contributed by atoms with Crippen molar-refractivity contribution in [2.75, 3.05) is 0 Å². The summed E-state index contributed by atoms with van der Waals surface area (Å²) in [4.78, 5) is 28.9. The monoisotopic (exact) mass is 304 g/mol. The third-order valence-electron chi connectivity index (χ3n) is 4.34. The third kappa shape index (κ3) is 2.52. The molecule has 0 radical (unpaired) electrons. The van der Waals surface area contributed by atoms with E-state index in [1.807, 2.05) is 13.8 Å². The highest BCUT2D eigenvalue weighted by Gasteiger charge is 2.34. The molecule has 0 aliphatic heterocycles. The number of nitrogens with zero attached hydrogens (tertiary/aromatic N) is 2. The van der Waals surface area contributed by atoms with Gasteiger partial charge in [0, 0.05) is 24.0 Å². The molecule has 0 unspecified atom stereocenters. The lowest BCUT2D eigenvalue weighted by atomic mass is 9.76. The van der Waals surface area contributed by atoms with Gasteiger partial charge in [0.15, 0.2) is 5.65 Å². The number of H-pyrrole nitrogens is 1. The average Bonchev–Trinajstić information content (AvgIpc) is 2.83. The summed E-state index contributed by atoms with van der Waals surface area (Å²) in [6.45, 7) is 3.81. The number of carbonyl (C=O) groups excluding carboxylic acids is 1. The van der Waals surface area contributed by atoms with Gasteiger partial charge in [-0.2, -0.15) is 0 Å². The number of amides is 1. The van der Waals surface area contributed by atoms with Crippen LogP contribution in [0.2, 0.25) is 0 Å². The van der Waals surface area contributed by atoms with E-state index in [0.717, 1.165) is 12.1 Å². The van der Waals surface area contributed by atoms with Crippen LogP contribution in [0.25, 0.3) is 5.65 Å². The molecule has 0 spiro atoms. The Morgan fingerprint density at radius 1 is 1.59 bits per heavy atom. The van der Waals surface area contributed by atoms with Crippen LogP contribution >= 0.6 is 0 Å². The predicted octanol–water partition coefficient (Wildman–Crippen LogP) is 0.610. The highest BCUT2D eigenvalue weighted by molar-refractivity contribution is 5.93. The van der Waals surface area contributed by atoms with Gasteiger partial charge in [0.2, 0.25) is 0 Å². The quantitative estimate of drug-likeness (QED) is 0.770. The Kier molecular flexibility index (Phi) is 3.74. The summed E-state index contributed by atoms with van der Waals surface area (Å²) < 4.78 is 1.28. The number of aryl methyl sites for hydroxylation is 1. The molecule has 22 heavy (non-hydrogen) atoms. The van der Waals surface area contributed by atoms with Crippen LogP contribution in [0.15, 0.2) is 17.1 Å². The van der Waals surface area contributed by atoms with E-state index in [1.54, 1.807) is 6.07 Å². The van der Waals surface area contributed by atoms with Crippen LogP contribution in [-0.2, 0) is 0 Å². The molecule has 3 rings (SSSR count). The molecule has 2 aromatic rings. The zero-order valence-corrected chi connectivity index (χ0v) is 12.7. The molecular weight excluding hydrogens is 284 g/mol. The van der Waals surface area contributed by atoms with Crippen molar-refractivity contribution in [1.82, 2.24) is 19.9 Å². The molecule has 0 saturated heterocycles. The Bertz CT molecular complexity index is 758. The molecule has 7 nitrogen and oxygen atoms in total. The third-order valence-corrected chi connectivity index (χ3v) is 4.34. The van der Waals surface area contributed by atoms with Crippen molar-refractivity contribution in [1.29, 1.82) is 0 Å². The first-order valence-corrected chi connectivity index (χ1v) is 7.56. The van der Waals surface area contributed by atoms with Crippen molar-refractivity contribution >= 4 is 11.6 Å². The molecule has 1 aliphatic rings. The number of hydrogen-bond donors (Lipinski definition) is 3. The highest BCUT2D eigenvalue weighted by atomic mass is 16.3. The van der Waals surface area contributed by atoms with Gasteiger partial charge in [0.25, 0.3) is 11.5 Å². The number of rotatable bonds is 4. The Morgan fingerprint density at radius 3 is 2.95 bits per heavy atom. The number of aromatic nitrogens is 3. The van der Waals surface area contributed by atoms with E-state index in [1.165, 1.54) is 10.7 Å². The first-order valence-electron chi connectivity index (χ1n) is 7.56. The number of hydrogen-bond acceptors (Lipinski definition) is 4. The SMILES string of the molecule is CC[C@H](NC(=O)c1cnc2cc(C)[nH]n2c1=O)C1CC(O)C1. The fraction of sp³-hybridized carbons (Fsp3) is 0.533. The number of aromatic amines is 1. The number of aliphatic hydroxyl groups is 1. The van der Waals surface area contributed by atoms with Gasteiger partial charge >= 0.3 is 0 Å². The van der Waals surface area contributed by atoms with E-state index < -0.39 is 11.5 Å². The molecule has 2 heterocycles. The van der Waals surface area contributed by atoms with Crippen molar-refractivity contribution < 1.29 is 9.90 Å². The fourth-order valence-electron chi connectivity index (χ4n) is 2.99.